The lowest BCUT2D eigenvalue weighted by Gasteiger charge is -2.34. The van der Waals surface area contributed by atoms with Crippen LogP contribution in [-0.2, 0) is 19.3 Å². The summed E-state index contributed by atoms with van der Waals surface area (Å²) in [5, 5.41) is 12.2. The summed E-state index contributed by atoms with van der Waals surface area (Å²) in [6, 6.07) is 13.7. The van der Waals surface area contributed by atoms with Gasteiger partial charge < -0.3 is 5.11 Å². The monoisotopic (exact) mass is 306 g/mol. The summed E-state index contributed by atoms with van der Waals surface area (Å²) in [7, 11) is 0. The molecule has 0 saturated carbocycles. The van der Waals surface area contributed by atoms with Gasteiger partial charge in [0.2, 0.25) is 0 Å². The van der Waals surface area contributed by atoms with Gasteiger partial charge in [-0.05, 0) is 47.7 Å². The van der Waals surface area contributed by atoms with Crippen molar-refractivity contribution in [1.29, 1.82) is 0 Å². The largest absolute Gasteiger partial charge is 0.389 e. The van der Waals surface area contributed by atoms with Gasteiger partial charge in [-0.15, -0.1) is 0 Å². The van der Waals surface area contributed by atoms with Crippen molar-refractivity contribution in [1.82, 2.24) is 0 Å². The molecule has 0 spiro atoms. The number of hydrogen-bond acceptors (Lipinski definition) is 1. The second-order valence-corrected chi connectivity index (χ2v) is 6.43. The molecule has 0 aromatic heterocycles. The zero-order valence-electron chi connectivity index (χ0n) is 11.1. The zero-order chi connectivity index (χ0) is 14.2. The molecule has 3 rings (SSSR count). The maximum atomic E-state index is 10.9. The van der Waals surface area contributed by atoms with Crippen molar-refractivity contribution in [3.05, 3.63) is 69.2 Å². The number of hydrogen-bond donors (Lipinski definition) is 1. The Morgan fingerprint density at radius 1 is 1.05 bits per heavy atom. The van der Waals surface area contributed by atoms with Crippen LogP contribution in [0.1, 0.15) is 23.1 Å². The van der Waals surface area contributed by atoms with E-state index in [1.807, 2.05) is 12.1 Å². The van der Waals surface area contributed by atoms with Crippen LogP contribution in [0.4, 0.5) is 0 Å². The zero-order valence-corrected chi connectivity index (χ0v) is 12.6. The average Bonchev–Trinajstić information content (AvgIpc) is 2.42. The molecule has 0 saturated heterocycles. The molecule has 2 aromatic rings. The minimum Gasteiger partial charge on any atom is -0.389 e. The number of benzene rings is 2. The first-order chi connectivity index (χ1) is 9.56. The quantitative estimate of drug-likeness (QED) is 0.868. The van der Waals surface area contributed by atoms with Crippen molar-refractivity contribution >= 4 is 23.2 Å². The Morgan fingerprint density at radius 2 is 1.80 bits per heavy atom. The second kappa shape index (κ2) is 5.40. The fourth-order valence-electron chi connectivity index (χ4n) is 2.97. The summed E-state index contributed by atoms with van der Waals surface area (Å²) >= 11 is 12.2. The van der Waals surface area contributed by atoms with Crippen LogP contribution < -0.4 is 0 Å². The normalized spacial score (nSPS) is 21.6. The first-order valence-corrected chi connectivity index (χ1v) is 7.54. The van der Waals surface area contributed by atoms with Gasteiger partial charge >= 0.3 is 0 Å². The van der Waals surface area contributed by atoms with Crippen molar-refractivity contribution in [3.8, 4) is 0 Å². The molecule has 1 nitrogen and oxygen atoms in total. The molecule has 1 aliphatic carbocycles. The molecule has 0 amide bonds. The van der Waals surface area contributed by atoms with Crippen molar-refractivity contribution in [3.63, 3.8) is 0 Å². The first kappa shape index (κ1) is 13.9. The molecule has 0 bridgehead atoms. The maximum Gasteiger partial charge on any atom is 0.0731 e. The van der Waals surface area contributed by atoms with E-state index in [2.05, 4.69) is 18.2 Å². The van der Waals surface area contributed by atoms with Crippen LogP contribution in [0.15, 0.2) is 42.5 Å². The van der Waals surface area contributed by atoms with Gasteiger partial charge in [0.05, 0.1) is 5.60 Å². The lowest BCUT2D eigenvalue weighted by molar-refractivity contribution is 0.0267. The third-order valence-electron chi connectivity index (χ3n) is 4.02. The smallest absolute Gasteiger partial charge is 0.0731 e. The van der Waals surface area contributed by atoms with E-state index in [0.29, 0.717) is 22.9 Å². The predicted octanol–water partition coefficient (Wildman–Crippen LogP) is 4.46. The standard InChI is InChI=1S/C17H16Cl2O/c18-15-5-6-16(19)14(9-15)11-17(20)8-7-12-3-1-2-4-13(12)10-17/h1-6,9,20H,7-8,10-11H2. The highest BCUT2D eigenvalue weighted by atomic mass is 35.5. The average molecular weight is 307 g/mol. The van der Waals surface area contributed by atoms with Gasteiger partial charge in [0.1, 0.15) is 0 Å². The minimum absolute atomic E-state index is 0.542. The van der Waals surface area contributed by atoms with E-state index in [1.54, 1.807) is 12.1 Å². The van der Waals surface area contributed by atoms with Gasteiger partial charge in [-0.2, -0.15) is 0 Å². The van der Waals surface area contributed by atoms with Gasteiger partial charge in [-0.3, -0.25) is 0 Å². The molecule has 3 heteroatoms. The van der Waals surface area contributed by atoms with E-state index in [0.717, 1.165) is 18.4 Å². The predicted molar refractivity (Wildman–Crippen MR) is 83.6 cm³/mol. The van der Waals surface area contributed by atoms with Gasteiger partial charge in [-0.25, -0.2) is 0 Å². The molecule has 0 heterocycles. The van der Waals surface area contributed by atoms with E-state index in [4.69, 9.17) is 23.2 Å². The van der Waals surface area contributed by atoms with Crippen molar-refractivity contribution < 1.29 is 5.11 Å². The summed E-state index contributed by atoms with van der Waals surface area (Å²) in [6.45, 7) is 0. The highest BCUT2D eigenvalue weighted by Crippen LogP contribution is 2.33. The van der Waals surface area contributed by atoms with Crippen LogP contribution in [-0.4, -0.2) is 10.7 Å². The van der Waals surface area contributed by atoms with Gasteiger partial charge in [0.25, 0.3) is 0 Å². The highest BCUT2D eigenvalue weighted by molar-refractivity contribution is 6.33. The van der Waals surface area contributed by atoms with Gasteiger partial charge in [-0.1, -0.05) is 47.5 Å². The molecular weight excluding hydrogens is 291 g/mol. The molecule has 20 heavy (non-hydrogen) atoms. The molecule has 1 unspecified atom stereocenters. The number of aliphatic hydroxyl groups is 1. The van der Waals surface area contributed by atoms with E-state index < -0.39 is 5.60 Å². The minimum atomic E-state index is -0.733. The number of halogens is 2. The van der Waals surface area contributed by atoms with Gasteiger partial charge in [0, 0.05) is 22.9 Å². The van der Waals surface area contributed by atoms with E-state index in [-0.39, 0.29) is 0 Å². The van der Waals surface area contributed by atoms with Gasteiger partial charge in [0.15, 0.2) is 0 Å². The SMILES string of the molecule is OC1(Cc2cc(Cl)ccc2Cl)CCc2ccccc2C1. The second-order valence-electron chi connectivity index (χ2n) is 5.58. The fourth-order valence-corrected chi connectivity index (χ4v) is 3.35. The molecular formula is C17H16Cl2O. The van der Waals surface area contributed by atoms with Crippen molar-refractivity contribution in [2.45, 2.75) is 31.3 Å². The van der Waals surface area contributed by atoms with Crippen LogP contribution in [0.2, 0.25) is 10.0 Å². The first-order valence-electron chi connectivity index (χ1n) is 6.79. The summed E-state index contributed by atoms with van der Waals surface area (Å²) in [6.07, 6.45) is 2.88. The number of rotatable bonds is 2. The van der Waals surface area contributed by atoms with Crippen LogP contribution >= 0.6 is 23.2 Å². The van der Waals surface area contributed by atoms with Crippen LogP contribution in [0.5, 0.6) is 0 Å². The fraction of sp³-hybridized carbons (Fsp3) is 0.294. The Hall–Kier alpha value is -1.02. The molecule has 1 N–H and O–H groups in total. The van der Waals surface area contributed by atoms with E-state index in [1.165, 1.54) is 11.1 Å². The summed E-state index contributed by atoms with van der Waals surface area (Å²) in [5.74, 6) is 0. The lowest BCUT2D eigenvalue weighted by Crippen LogP contribution is -2.38. The maximum absolute atomic E-state index is 10.9. The van der Waals surface area contributed by atoms with Crippen LogP contribution in [0.25, 0.3) is 0 Å². The summed E-state index contributed by atoms with van der Waals surface area (Å²) in [4.78, 5) is 0. The third kappa shape index (κ3) is 2.85. The Balaban J connectivity index is 1.86. The lowest BCUT2D eigenvalue weighted by atomic mass is 9.77. The molecule has 0 aliphatic heterocycles. The van der Waals surface area contributed by atoms with Crippen molar-refractivity contribution in [2.24, 2.45) is 0 Å². The van der Waals surface area contributed by atoms with E-state index in [9.17, 15) is 5.11 Å². The molecule has 1 aliphatic rings. The number of fused-ring (bicyclic) bond motifs is 1. The molecule has 104 valence electrons. The van der Waals surface area contributed by atoms with Crippen LogP contribution in [0.3, 0.4) is 0 Å². The Kier molecular flexibility index (Phi) is 3.76. The number of aryl methyl sites for hydroxylation is 1. The summed E-state index contributed by atoms with van der Waals surface area (Å²) < 4.78 is 0. The molecule has 2 aromatic carbocycles. The van der Waals surface area contributed by atoms with E-state index >= 15 is 0 Å². The highest BCUT2D eigenvalue weighted by Gasteiger charge is 2.32. The third-order valence-corrected chi connectivity index (χ3v) is 4.63. The van der Waals surface area contributed by atoms with Crippen molar-refractivity contribution in [2.75, 3.05) is 0 Å². The Bertz CT molecular complexity index is 639. The molecule has 0 radical (unpaired) electrons. The Morgan fingerprint density at radius 3 is 2.60 bits per heavy atom. The van der Waals surface area contributed by atoms with Crippen LogP contribution in [0, 0.1) is 0 Å². The molecule has 1 atom stereocenters. The Labute approximate surface area is 129 Å². The summed E-state index contributed by atoms with van der Waals surface area (Å²) in [5.41, 5.74) is 2.76. The molecule has 0 fully saturated rings. The topological polar surface area (TPSA) is 20.2 Å².